The predicted octanol–water partition coefficient (Wildman–Crippen LogP) is 3.83. The fraction of sp³-hybridized carbons (Fsp3) is 0.474. The smallest absolute Gasteiger partial charge is 0.227 e. The summed E-state index contributed by atoms with van der Waals surface area (Å²) in [5, 5.41) is 3.38. The Balaban J connectivity index is 2.22. The summed E-state index contributed by atoms with van der Waals surface area (Å²) < 4.78 is 5.10. The Morgan fingerprint density at radius 3 is 2.62 bits per heavy atom. The fourth-order valence-electron chi connectivity index (χ4n) is 2.38. The Kier molecular flexibility index (Phi) is 7.49. The zero-order chi connectivity index (χ0) is 17.2. The second kappa shape index (κ2) is 9.88. The van der Waals surface area contributed by atoms with E-state index in [1.807, 2.05) is 24.3 Å². The van der Waals surface area contributed by atoms with E-state index < -0.39 is 0 Å². The molecule has 5 heteroatoms. The van der Waals surface area contributed by atoms with Gasteiger partial charge in [-0.25, -0.2) is 4.98 Å². The van der Waals surface area contributed by atoms with E-state index in [0.717, 1.165) is 62.0 Å². The molecule has 0 aliphatic rings. The van der Waals surface area contributed by atoms with Gasteiger partial charge in [0.2, 0.25) is 5.95 Å². The van der Waals surface area contributed by atoms with Crippen LogP contribution in [0.15, 0.2) is 36.4 Å². The zero-order valence-electron chi connectivity index (χ0n) is 15.0. The van der Waals surface area contributed by atoms with Crippen LogP contribution < -0.4 is 10.2 Å². The van der Waals surface area contributed by atoms with E-state index in [0.29, 0.717) is 0 Å². The lowest BCUT2D eigenvalue weighted by Gasteiger charge is -2.19. The maximum atomic E-state index is 5.10. The Bertz CT molecular complexity index is 604. The van der Waals surface area contributed by atoms with Gasteiger partial charge < -0.3 is 15.0 Å². The third-order valence-corrected chi connectivity index (χ3v) is 3.80. The number of nitrogens with one attached hydrogen (secondary N) is 1. The topological polar surface area (TPSA) is 50.3 Å². The average molecular weight is 328 g/mol. The van der Waals surface area contributed by atoms with Crippen molar-refractivity contribution in [1.29, 1.82) is 0 Å². The van der Waals surface area contributed by atoms with Gasteiger partial charge in [-0.1, -0.05) is 43.7 Å². The molecular weight excluding hydrogens is 300 g/mol. The van der Waals surface area contributed by atoms with Crippen LogP contribution in [0.5, 0.6) is 0 Å². The van der Waals surface area contributed by atoms with Gasteiger partial charge in [-0.2, -0.15) is 4.98 Å². The lowest BCUT2D eigenvalue weighted by atomic mass is 10.1. The number of hydrogen-bond acceptors (Lipinski definition) is 5. The molecule has 0 spiro atoms. The summed E-state index contributed by atoms with van der Waals surface area (Å²) in [6.45, 7) is 4.72. The van der Waals surface area contributed by atoms with Gasteiger partial charge >= 0.3 is 0 Å². The second-order valence-corrected chi connectivity index (χ2v) is 5.85. The first kappa shape index (κ1) is 18.2. The number of anilines is 2. The van der Waals surface area contributed by atoms with E-state index in [1.54, 1.807) is 7.11 Å². The van der Waals surface area contributed by atoms with E-state index in [-0.39, 0.29) is 0 Å². The van der Waals surface area contributed by atoms with Gasteiger partial charge in [0.25, 0.3) is 0 Å². The summed E-state index contributed by atoms with van der Waals surface area (Å²) >= 11 is 0. The normalized spacial score (nSPS) is 10.6. The van der Waals surface area contributed by atoms with Crippen molar-refractivity contribution >= 4 is 11.8 Å². The van der Waals surface area contributed by atoms with Gasteiger partial charge in [0.1, 0.15) is 5.82 Å². The first-order valence-corrected chi connectivity index (χ1v) is 8.63. The van der Waals surface area contributed by atoms with E-state index in [9.17, 15) is 0 Å². The molecule has 0 aliphatic heterocycles. The average Bonchev–Trinajstić information content (AvgIpc) is 2.63. The number of benzene rings is 1. The second-order valence-electron chi connectivity index (χ2n) is 5.85. The van der Waals surface area contributed by atoms with Crippen LogP contribution in [0.25, 0.3) is 11.3 Å². The van der Waals surface area contributed by atoms with Crippen LogP contribution in [0.4, 0.5) is 11.8 Å². The summed E-state index contributed by atoms with van der Waals surface area (Å²) in [5.74, 6) is 1.62. The molecule has 0 bridgehead atoms. The van der Waals surface area contributed by atoms with Crippen LogP contribution in [0.3, 0.4) is 0 Å². The lowest BCUT2D eigenvalue weighted by molar-refractivity contribution is 0.198. The minimum atomic E-state index is 0.743. The number of ether oxygens (including phenoxy) is 1. The van der Waals surface area contributed by atoms with Crippen LogP contribution in [0, 0.1) is 0 Å². The van der Waals surface area contributed by atoms with Crippen molar-refractivity contribution in [3.8, 4) is 11.3 Å². The minimum absolute atomic E-state index is 0.743. The Hall–Kier alpha value is -2.14. The Labute approximate surface area is 145 Å². The molecule has 5 nitrogen and oxygen atoms in total. The lowest BCUT2D eigenvalue weighted by Crippen LogP contribution is -2.21. The summed E-state index contributed by atoms with van der Waals surface area (Å²) in [6.07, 6.45) is 3.24. The third kappa shape index (κ3) is 5.49. The highest BCUT2D eigenvalue weighted by molar-refractivity contribution is 5.64. The van der Waals surface area contributed by atoms with E-state index in [1.165, 1.54) is 0 Å². The van der Waals surface area contributed by atoms with Gasteiger partial charge in [0.05, 0.1) is 5.69 Å². The largest absolute Gasteiger partial charge is 0.385 e. The van der Waals surface area contributed by atoms with Gasteiger partial charge in [-0.05, 0) is 12.8 Å². The van der Waals surface area contributed by atoms with Gasteiger partial charge in [-0.3, -0.25) is 0 Å². The summed E-state index contributed by atoms with van der Waals surface area (Å²) in [7, 11) is 3.77. The summed E-state index contributed by atoms with van der Waals surface area (Å²) in [6, 6.07) is 12.2. The molecule has 0 unspecified atom stereocenters. The molecule has 0 atom stereocenters. The molecule has 0 amide bonds. The number of aromatic nitrogens is 2. The molecular formula is C19H28N4O. The molecule has 1 N–H and O–H groups in total. The van der Waals surface area contributed by atoms with Crippen LogP contribution in [-0.2, 0) is 4.74 Å². The van der Waals surface area contributed by atoms with Crippen molar-refractivity contribution in [3.63, 3.8) is 0 Å². The van der Waals surface area contributed by atoms with E-state index in [2.05, 4.69) is 41.3 Å². The van der Waals surface area contributed by atoms with Crippen LogP contribution >= 0.6 is 0 Å². The molecule has 0 saturated carbocycles. The first-order valence-electron chi connectivity index (χ1n) is 8.63. The van der Waals surface area contributed by atoms with Crippen LogP contribution in [-0.4, -0.2) is 43.8 Å². The minimum Gasteiger partial charge on any atom is -0.385 e. The summed E-state index contributed by atoms with van der Waals surface area (Å²) in [4.78, 5) is 11.5. The SMILES string of the molecule is CCCCN(C)c1nc(NCCCOC)cc(-c2ccccc2)n1. The molecule has 130 valence electrons. The fourth-order valence-corrected chi connectivity index (χ4v) is 2.38. The van der Waals surface area contributed by atoms with Crippen molar-refractivity contribution in [1.82, 2.24) is 9.97 Å². The van der Waals surface area contributed by atoms with Crippen molar-refractivity contribution in [3.05, 3.63) is 36.4 Å². The third-order valence-electron chi connectivity index (χ3n) is 3.80. The maximum absolute atomic E-state index is 5.10. The van der Waals surface area contributed by atoms with Crippen LogP contribution in [0.1, 0.15) is 26.2 Å². The highest BCUT2D eigenvalue weighted by Gasteiger charge is 2.10. The number of hydrogen-bond donors (Lipinski definition) is 1. The van der Waals surface area contributed by atoms with Crippen LogP contribution in [0.2, 0.25) is 0 Å². The van der Waals surface area contributed by atoms with E-state index >= 15 is 0 Å². The molecule has 1 aromatic carbocycles. The first-order chi connectivity index (χ1) is 11.7. The molecule has 0 aliphatic carbocycles. The monoisotopic (exact) mass is 328 g/mol. The molecule has 2 aromatic rings. The summed E-state index contributed by atoms with van der Waals surface area (Å²) in [5.41, 5.74) is 2.04. The van der Waals surface area contributed by atoms with Crippen molar-refractivity contribution < 1.29 is 4.74 Å². The van der Waals surface area contributed by atoms with Gasteiger partial charge in [0, 0.05) is 45.5 Å². The Morgan fingerprint density at radius 2 is 1.92 bits per heavy atom. The van der Waals surface area contributed by atoms with Crippen molar-refractivity contribution in [2.75, 3.05) is 44.1 Å². The molecule has 0 fully saturated rings. The molecule has 0 radical (unpaired) electrons. The number of unbranched alkanes of at least 4 members (excludes halogenated alkanes) is 1. The number of methoxy groups -OCH3 is 1. The highest BCUT2D eigenvalue weighted by atomic mass is 16.5. The van der Waals surface area contributed by atoms with Gasteiger partial charge in [-0.15, -0.1) is 0 Å². The zero-order valence-corrected chi connectivity index (χ0v) is 15.0. The number of nitrogens with zero attached hydrogens (tertiary/aromatic N) is 3. The molecule has 0 saturated heterocycles. The molecule has 2 rings (SSSR count). The highest BCUT2D eigenvalue weighted by Crippen LogP contribution is 2.22. The van der Waals surface area contributed by atoms with Crippen molar-refractivity contribution in [2.24, 2.45) is 0 Å². The van der Waals surface area contributed by atoms with Gasteiger partial charge in [0.15, 0.2) is 0 Å². The molecule has 24 heavy (non-hydrogen) atoms. The maximum Gasteiger partial charge on any atom is 0.227 e. The van der Waals surface area contributed by atoms with Crippen molar-refractivity contribution in [2.45, 2.75) is 26.2 Å². The Morgan fingerprint density at radius 1 is 1.12 bits per heavy atom. The molecule has 1 aromatic heterocycles. The number of rotatable bonds is 10. The standard InChI is InChI=1S/C19H28N4O/c1-4-5-13-23(2)19-21-17(16-10-7-6-8-11-16)15-18(22-19)20-12-9-14-24-3/h6-8,10-11,15H,4-5,9,12-14H2,1-3H3,(H,20,21,22). The quantitative estimate of drug-likeness (QED) is 0.672. The molecule has 1 heterocycles. The van der Waals surface area contributed by atoms with E-state index in [4.69, 9.17) is 9.72 Å². The predicted molar refractivity (Wildman–Crippen MR) is 101 cm³/mol.